The van der Waals surface area contributed by atoms with E-state index in [0.717, 1.165) is 24.3 Å². The molecular weight excluding hydrogens is 256 g/mol. The van der Waals surface area contributed by atoms with Crippen molar-refractivity contribution in [2.75, 3.05) is 25.1 Å². The molecule has 0 aromatic heterocycles. The minimum Gasteiger partial charge on any atom is -0.467 e. The van der Waals surface area contributed by atoms with Gasteiger partial charge < -0.3 is 20.1 Å². The second kappa shape index (κ2) is 5.81. The zero-order valence-electron chi connectivity index (χ0n) is 12.2. The van der Waals surface area contributed by atoms with Gasteiger partial charge in [-0.2, -0.15) is 0 Å². The van der Waals surface area contributed by atoms with E-state index in [9.17, 15) is 9.90 Å². The van der Waals surface area contributed by atoms with E-state index in [1.54, 1.807) is 0 Å². The lowest BCUT2D eigenvalue weighted by molar-refractivity contribution is -0.159. The van der Waals surface area contributed by atoms with Gasteiger partial charge in [-0.15, -0.1) is 0 Å². The summed E-state index contributed by atoms with van der Waals surface area (Å²) in [7, 11) is 1.29. The summed E-state index contributed by atoms with van der Waals surface area (Å²) in [5, 5.41) is 13.7. The van der Waals surface area contributed by atoms with Crippen LogP contribution in [0.1, 0.15) is 19.4 Å². The van der Waals surface area contributed by atoms with Crippen LogP contribution in [0.4, 0.5) is 5.69 Å². The van der Waals surface area contributed by atoms with Crippen molar-refractivity contribution in [2.45, 2.75) is 32.0 Å². The number of carbonyl (C=O) groups is 1. The second-order valence-electron chi connectivity index (χ2n) is 5.56. The molecule has 20 heavy (non-hydrogen) atoms. The minimum absolute atomic E-state index is 0.211. The number of nitrogens with zero attached hydrogens (tertiary/aromatic N) is 1. The molecule has 5 heteroatoms. The van der Waals surface area contributed by atoms with Crippen molar-refractivity contribution in [3.05, 3.63) is 29.8 Å². The van der Waals surface area contributed by atoms with Gasteiger partial charge in [-0.3, -0.25) is 0 Å². The summed E-state index contributed by atoms with van der Waals surface area (Å²) in [4.78, 5) is 13.7. The lowest BCUT2D eigenvalue weighted by Gasteiger charge is -2.32. The highest BCUT2D eigenvalue weighted by Gasteiger charge is 2.35. The van der Waals surface area contributed by atoms with Gasteiger partial charge in [0.2, 0.25) is 0 Å². The molecule has 0 amide bonds. The molecule has 0 fully saturated rings. The van der Waals surface area contributed by atoms with Crippen LogP contribution in [0.15, 0.2) is 24.3 Å². The van der Waals surface area contributed by atoms with Gasteiger partial charge in [-0.25, -0.2) is 4.79 Å². The maximum atomic E-state index is 11.7. The van der Waals surface area contributed by atoms with Crippen LogP contribution in [0.25, 0.3) is 0 Å². The maximum absolute atomic E-state index is 11.7. The fourth-order valence-corrected chi connectivity index (χ4v) is 2.55. The normalized spacial score (nSPS) is 21.6. The Bertz CT molecular complexity index is 488. The van der Waals surface area contributed by atoms with Crippen LogP contribution in [0.5, 0.6) is 0 Å². The maximum Gasteiger partial charge on any atom is 0.339 e. The minimum atomic E-state index is -1.52. The van der Waals surface area contributed by atoms with E-state index in [1.807, 2.05) is 23.1 Å². The molecule has 1 aromatic rings. The quantitative estimate of drug-likeness (QED) is 0.805. The molecule has 110 valence electrons. The number of nitrogens with one attached hydrogen (secondary N) is 1. The fraction of sp³-hybridized carbons (Fsp3) is 0.533. The Morgan fingerprint density at radius 1 is 1.55 bits per heavy atom. The first kappa shape index (κ1) is 14.8. The van der Waals surface area contributed by atoms with Gasteiger partial charge in [0, 0.05) is 24.8 Å². The highest BCUT2D eigenvalue weighted by molar-refractivity contribution is 5.79. The number of ether oxygens (including phenoxy) is 1. The summed E-state index contributed by atoms with van der Waals surface area (Å²) >= 11 is 0. The lowest BCUT2D eigenvalue weighted by Crippen LogP contribution is -2.49. The molecular formula is C15H22N2O3. The first-order valence-corrected chi connectivity index (χ1v) is 6.81. The third-order valence-corrected chi connectivity index (χ3v) is 3.59. The number of fused-ring (bicyclic) bond motifs is 1. The lowest BCUT2D eigenvalue weighted by atomic mass is 10.1. The molecule has 1 aliphatic heterocycles. The number of β-amino-alcohol motifs (C(OH)–C–C–N with tert-alkyl or cyclic N) is 1. The summed E-state index contributed by atoms with van der Waals surface area (Å²) < 4.78 is 4.67. The summed E-state index contributed by atoms with van der Waals surface area (Å²) in [5.41, 5.74) is 0.692. The van der Waals surface area contributed by atoms with E-state index < -0.39 is 11.6 Å². The van der Waals surface area contributed by atoms with Crippen molar-refractivity contribution >= 4 is 11.7 Å². The van der Waals surface area contributed by atoms with Gasteiger partial charge in [0.05, 0.1) is 13.7 Å². The van der Waals surface area contributed by atoms with Gasteiger partial charge in [0.1, 0.15) is 0 Å². The predicted octanol–water partition coefficient (Wildman–Crippen LogP) is 0.909. The summed E-state index contributed by atoms with van der Waals surface area (Å²) in [5.74, 6) is -0.611. The van der Waals surface area contributed by atoms with Crippen molar-refractivity contribution in [2.24, 2.45) is 0 Å². The third kappa shape index (κ3) is 3.11. The smallest absolute Gasteiger partial charge is 0.339 e. The molecule has 0 aliphatic carbocycles. The van der Waals surface area contributed by atoms with Crippen molar-refractivity contribution in [3.8, 4) is 0 Å². The van der Waals surface area contributed by atoms with Crippen molar-refractivity contribution in [3.63, 3.8) is 0 Å². The van der Waals surface area contributed by atoms with Gasteiger partial charge in [-0.1, -0.05) is 18.2 Å². The Morgan fingerprint density at radius 2 is 2.25 bits per heavy atom. The third-order valence-electron chi connectivity index (χ3n) is 3.59. The van der Waals surface area contributed by atoms with Gasteiger partial charge >= 0.3 is 5.97 Å². The molecule has 2 atom stereocenters. The Kier molecular flexibility index (Phi) is 4.30. The number of esters is 1. The SMILES string of the molecule is COC(=O)C(C)(O)CN1CC(C)NCc2ccccc21. The van der Waals surface area contributed by atoms with Crippen LogP contribution < -0.4 is 10.2 Å². The number of rotatable bonds is 3. The Hall–Kier alpha value is -1.59. The Morgan fingerprint density at radius 3 is 2.95 bits per heavy atom. The van der Waals surface area contributed by atoms with Gasteiger partial charge in [0.25, 0.3) is 0 Å². The molecule has 0 spiro atoms. The molecule has 2 rings (SSSR count). The molecule has 0 radical (unpaired) electrons. The van der Waals surface area contributed by atoms with Gasteiger partial charge in [-0.05, 0) is 25.5 Å². The summed E-state index contributed by atoms with van der Waals surface area (Å²) in [6.45, 7) is 5.30. The standard InChI is InChI=1S/C15H22N2O3/c1-11-9-17(10-15(2,19)14(18)20-3)13-7-5-4-6-12(13)8-16-11/h4-7,11,16,19H,8-10H2,1-3H3. The van der Waals surface area contributed by atoms with Crippen molar-refractivity contribution in [1.82, 2.24) is 5.32 Å². The molecule has 0 bridgehead atoms. The van der Waals surface area contributed by atoms with Crippen LogP contribution >= 0.6 is 0 Å². The first-order chi connectivity index (χ1) is 9.44. The van der Waals surface area contributed by atoms with E-state index in [2.05, 4.69) is 23.0 Å². The average Bonchev–Trinajstić information content (AvgIpc) is 2.57. The average molecular weight is 278 g/mol. The second-order valence-corrected chi connectivity index (χ2v) is 5.56. The highest BCUT2D eigenvalue weighted by Crippen LogP contribution is 2.25. The molecule has 1 aliphatic rings. The molecule has 2 unspecified atom stereocenters. The molecule has 0 saturated carbocycles. The van der Waals surface area contributed by atoms with E-state index >= 15 is 0 Å². The number of methoxy groups -OCH3 is 1. The number of hydrogen-bond acceptors (Lipinski definition) is 5. The molecule has 2 N–H and O–H groups in total. The van der Waals surface area contributed by atoms with E-state index in [-0.39, 0.29) is 12.6 Å². The molecule has 1 heterocycles. The van der Waals surface area contributed by atoms with E-state index in [0.29, 0.717) is 0 Å². The number of aliphatic hydroxyl groups is 1. The van der Waals surface area contributed by atoms with Crippen LogP contribution in [-0.4, -0.2) is 42.9 Å². The van der Waals surface area contributed by atoms with Crippen LogP contribution in [0.2, 0.25) is 0 Å². The monoisotopic (exact) mass is 278 g/mol. The fourth-order valence-electron chi connectivity index (χ4n) is 2.55. The Labute approximate surface area is 119 Å². The molecule has 5 nitrogen and oxygen atoms in total. The van der Waals surface area contributed by atoms with E-state index in [4.69, 9.17) is 0 Å². The number of anilines is 1. The first-order valence-electron chi connectivity index (χ1n) is 6.81. The van der Waals surface area contributed by atoms with Crippen molar-refractivity contribution in [1.29, 1.82) is 0 Å². The van der Waals surface area contributed by atoms with Crippen LogP contribution in [0.3, 0.4) is 0 Å². The summed E-state index contributed by atoms with van der Waals surface area (Å²) in [6, 6.07) is 8.31. The summed E-state index contributed by atoms with van der Waals surface area (Å²) in [6.07, 6.45) is 0. The highest BCUT2D eigenvalue weighted by atomic mass is 16.5. The largest absolute Gasteiger partial charge is 0.467 e. The molecule has 1 aromatic carbocycles. The zero-order valence-corrected chi connectivity index (χ0v) is 12.2. The zero-order chi connectivity index (χ0) is 14.8. The number of benzene rings is 1. The van der Waals surface area contributed by atoms with Crippen LogP contribution in [-0.2, 0) is 16.1 Å². The van der Waals surface area contributed by atoms with Gasteiger partial charge in [0.15, 0.2) is 5.60 Å². The topological polar surface area (TPSA) is 61.8 Å². The number of carbonyl (C=O) groups excluding carboxylic acids is 1. The number of para-hydroxylation sites is 1. The molecule has 0 saturated heterocycles. The predicted molar refractivity (Wildman–Crippen MR) is 77.6 cm³/mol. The Balaban J connectivity index is 2.27. The van der Waals surface area contributed by atoms with Crippen molar-refractivity contribution < 1.29 is 14.6 Å². The van der Waals surface area contributed by atoms with E-state index in [1.165, 1.54) is 14.0 Å². The van der Waals surface area contributed by atoms with Crippen LogP contribution in [0, 0.1) is 0 Å². The number of hydrogen-bond donors (Lipinski definition) is 2.